The summed E-state index contributed by atoms with van der Waals surface area (Å²) in [7, 11) is 0. The molecule has 0 fully saturated rings. The molecule has 1 aromatic heterocycles. The van der Waals surface area contributed by atoms with Crippen molar-refractivity contribution in [2.45, 2.75) is 40.0 Å². The van der Waals surface area contributed by atoms with Crippen molar-refractivity contribution < 1.29 is 14.3 Å². The Morgan fingerprint density at radius 3 is 2.69 bits per heavy atom. The maximum atomic E-state index is 13.3. The van der Waals surface area contributed by atoms with Crippen LogP contribution in [0.15, 0.2) is 53.0 Å². The number of amides is 1. The highest BCUT2D eigenvalue weighted by Gasteiger charge is 2.33. The SMILES string of the molecule is CC(C)(C)C1CCc2nc3ccccc3c(C(=O)OCC(=O)Nc3cccc(Br)c3)c2C1. The molecule has 5 nitrogen and oxygen atoms in total. The molecule has 3 aromatic rings. The van der Waals surface area contributed by atoms with Crippen LogP contribution >= 0.6 is 15.9 Å². The lowest BCUT2D eigenvalue weighted by Crippen LogP contribution is -2.29. The van der Waals surface area contributed by atoms with Gasteiger partial charge in [-0.25, -0.2) is 4.79 Å². The molecule has 1 atom stereocenters. The second kappa shape index (κ2) is 9.02. The Labute approximate surface area is 196 Å². The number of carbonyl (C=O) groups excluding carboxylic acids is 2. The summed E-state index contributed by atoms with van der Waals surface area (Å²) in [5.41, 5.74) is 4.04. The second-order valence-corrected chi connectivity index (χ2v) is 10.3. The molecule has 1 unspecified atom stereocenters. The molecular weight excluding hydrogens is 468 g/mol. The highest BCUT2D eigenvalue weighted by molar-refractivity contribution is 9.10. The van der Waals surface area contributed by atoms with E-state index in [0.717, 1.165) is 45.9 Å². The fourth-order valence-corrected chi connectivity index (χ4v) is 4.73. The standard InChI is InChI=1S/C26H27BrN2O3/c1-26(2,3)16-11-12-22-20(13-16)24(19-9-4-5-10-21(19)29-22)25(31)32-15-23(30)28-18-8-6-7-17(27)14-18/h4-10,14,16H,11-13,15H2,1-3H3,(H,28,30). The molecule has 166 valence electrons. The first kappa shape index (κ1) is 22.5. The molecule has 1 heterocycles. The smallest absolute Gasteiger partial charge is 0.339 e. The van der Waals surface area contributed by atoms with Gasteiger partial charge >= 0.3 is 5.97 Å². The third-order valence-electron chi connectivity index (χ3n) is 6.13. The van der Waals surface area contributed by atoms with Gasteiger partial charge in [-0.05, 0) is 60.4 Å². The topological polar surface area (TPSA) is 68.3 Å². The van der Waals surface area contributed by atoms with Gasteiger partial charge in [0.25, 0.3) is 5.91 Å². The number of aromatic nitrogens is 1. The van der Waals surface area contributed by atoms with Crippen LogP contribution in [0, 0.1) is 11.3 Å². The van der Waals surface area contributed by atoms with E-state index in [9.17, 15) is 9.59 Å². The Bertz CT molecular complexity index is 1180. The molecule has 0 bridgehead atoms. The van der Waals surface area contributed by atoms with Gasteiger partial charge in [-0.2, -0.15) is 0 Å². The summed E-state index contributed by atoms with van der Waals surface area (Å²) in [5, 5.41) is 3.53. The van der Waals surface area contributed by atoms with Crippen LogP contribution in [0.1, 0.15) is 48.8 Å². The van der Waals surface area contributed by atoms with Gasteiger partial charge in [0, 0.05) is 21.2 Å². The van der Waals surface area contributed by atoms with Gasteiger partial charge in [0.1, 0.15) is 0 Å². The van der Waals surface area contributed by atoms with E-state index in [2.05, 4.69) is 42.0 Å². The number of carbonyl (C=O) groups is 2. The molecule has 32 heavy (non-hydrogen) atoms. The number of aryl methyl sites for hydroxylation is 1. The molecule has 0 saturated carbocycles. The number of fused-ring (bicyclic) bond motifs is 2. The van der Waals surface area contributed by atoms with E-state index >= 15 is 0 Å². The fourth-order valence-electron chi connectivity index (χ4n) is 4.33. The molecule has 2 aromatic carbocycles. The number of hydrogen-bond donors (Lipinski definition) is 1. The zero-order valence-corrected chi connectivity index (χ0v) is 20.2. The molecule has 1 N–H and O–H groups in total. The monoisotopic (exact) mass is 494 g/mol. The molecule has 1 amide bonds. The molecule has 0 aliphatic heterocycles. The first-order chi connectivity index (χ1) is 15.2. The maximum absolute atomic E-state index is 13.3. The minimum absolute atomic E-state index is 0.133. The van der Waals surface area contributed by atoms with Gasteiger partial charge in [-0.3, -0.25) is 9.78 Å². The van der Waals surface area contributed by atoms with E-state index in [4.69, 9.17) is 9.72 Å². The van der Waals surface area contributed by atoms with Gasteiger partial charge in [-0.15, -0.1) is 0 Å². The van der Waals surface area contributed by atoms with Gasteiger partial charge in [-0.1, -0.05) is 61.0 Å². The van der Waals surface area contributed by atoms with Crippen molar-refractivity contribution in [1.29, 1.82) is 0 Å². The van der Waals surface area contributed by atoms with Crippen molar-refractivity contribution in [3.05, 3.63) is 69.8 Å². The summed E-state index contributed by atoms with van der Waals surface area (Å²) in [6, 6.07) is 14.9. The van der Waals surface area contributed by atoms with E-state index in [1.54, 1.807) is 12.1 Å². The Balaban J connectivity index is 1.60. The van der Waals surface area contributed by atoms with Crippen molar-refractivity contribution in [3.63, 3.8) is 0 Å². The van der Waals surface area contributed by atoms with Crippen molar-refractivity contribution in [3.8, 4) is 0 Å². The molecule has 1 aliphatic rings. The number of para-hydroxylation sites is 1. The minimum Gasteiger partial charge on any atom is -0.452 e. The van der Waals surface area contributed by atoms with Gasteiger partial charge in [0.2, 0.25) is 0 Å². The average Bonchev–Trinajstić information content (AvgIpc) is 2.74. The zero-order valence-electron chi connectivity index (χ0n) is 18.6. The molecule has 6 heteroatoms. The summed E-state index contributed by atoms with van der Waals surface area (Å²) >= 11 is 3.38. The predicted octanol–water partition coefficient (Wildman–Crippen LogP) is 5.94. The van der Waals surface area contributed by atoms with Crippen LogP contribution in [-0.4, -0.2) is 23.5 Å². The number of nitrogens with one attached hydrogen (secondary N) is 1. The highest BCUT2D eigenvalue weighted by atomic mass is 79.9. The Morgan fingerprint density at radius 2 is 1.94 bits per heavy atom. The third kappa shape index (κ3) is 4.85. The van der Waals surface area contributed by atoms with Crippen LogP contribution in [0.5, 0.6) is 0 Å². The van der Waals surface area contributed by atoms with Crippen LogP contribution in [0.4, 0.5) is 5.69 Å². The number of anilines is 1. The lowest BCUT2D eigenvalue weighted by atomic mass is 9.70. The number of halogens is 1. The summed E-state index contributed by atoms with van der Waals surface area (Å²) < 4.78 is 6.35. The number of nitrogens with zero attached hydrogens (tertiary/aromatic N) is 1. The summed E-state index contributed by atoms with van der Waals surface area (Å²) in [5.74, 6) is -0.403. The van der Waals surface area contributed by atoms with Crippen LogP contribution < -0.4 is 5.32 Å². The van der Waals surface area contributed by atoms with Crippen molar-refractivity contribution >= 4 is 44.4 Å². The number of esters is 1. The largest absolute Gasteiger partial charge is 0.452 e. The quantitative estimate of drug-likeness (QED) is 0.455. The van der Waals surface area contributed by atoms with Crippen molar-refractivity contribution in [1.82, 2.24) is 4.98 Å². The number of hydrogen-bond acceptors (Lipinski definition) is 4. The number of benzene rings is 2. The van der Waals surface area contributed by atoms with Crippen molar-refractivity contribution in [2.24, 2.45) is 11.3 Å². The van der Waals surface area contributed by atoms with Gasteiger partial charge in [0.15, 0.2) is 6.61 Å². The van der Waals surface area contributed by atoms with Crippen LogP contribution in [0.2, 0.25) is 0 Å². The van der Waals surface area contributed by atoms with Gasteiger partial charge in [0.05, 0.1) is 11.1 Å². The fraction of sp³-hybridized carbons (Fsp3) is 0.346. The summed E-state index contributed by atoms with van der Waals surface area (Å²) in [6.45, 7) is 6.36. The molecule has 1 aliphatic carbocycles. The van der Waals surface area contributed by atoms with Crippen LogP contribution in [0.25, 0.3) is 10.9 Å². The van der Waals surface area contributed by atoms with E-state index in [1.165, 1.54) is 0 Å². The minimum atomic E-state index is -0.473. The highest BCUT2D eigenvalue weighted by Crippen LogP contribution is 2.39. The Morgan fingerprint density at radius 1 is 1.16 bits per heavy atom. The molecule has 0 radical (unpaired) electrons. The van der Waals surface area contributed by atoms with Crippen LogP contribution in [0.3, 0.4) is 0 Å². The zero-order chi connectivity index (χ0) is 22.9. The summed E-state index contributed by atoms with van der Waals surface area (Å²) in [4.78, 5) is 30.5. The Kier molecular flexibility index (Phi) is 6.33. The number of ether oxygens (including phenoxy) is 1. The van der Waals surface area contributed by atoms with E-state index in [1.807, 2.05) is 36.4 Å². The summed E-state index contributed by atoms with van der Waals surface area (Å²) in [6.07, 6.45) is 2.67. The Hall–Kier alpha value is -2.73. The second-order valence-electron chi connectivity index (χ2n) is 9.37. The third-order valence-corrected chi connectivity index (χ3v) is 6.62. The van der Waals surface area contributed by atoms with E-state index < -0.39 is 5.97 Å². The van der Waals surface area contributed by atoms with E-state index in [0.29, 0.717) is 17.2 Å². The van der Waals surface area contributed by atoms with Crippen LogP contribution in [-0.2, 0) is 22.4 Å². The molecule has 0 spiro atoms. The molecule has 4 rings (SSSR count). The molecule has 0 saturated heterocycles. The number of pyridine rings is 1. The predicted molar refractivity (Wildman–Crippen MR) is 130 cm³/mol. The molecular formula is C26H27BrN2O3. The van der Waals surface area contributed by atoms with Crippen molar-refractivity contribution in [2.75, 3.05) is 11.9 Å². The van der Waals surface area contributed by atoms with Gasteiger partial charge < -0.3 is 10.1 Å². The lowest BCUT2D eigenvalue weighted by Gasteiger charge is -2.35. The normalized spacial score (nSPS) is 15.8. The average molecular weight is 495 g/mol. The first-order valence-electron chi connectivity index (χ1n) is 10.9. The van der Waals surface area contributed by atoms with E-state index in [-0.39, 0.29) is 17.9 Å². The number of rotatable bonds is 4. The maximum Gasteiger partial charge on any atom is 0.339 e. The first-order valence-corrected chi connectivity index (χ1v) is 11.6. The lowest BCUT2D eigenvalue weighted by molar-refractivity contribution is -0.119.